The van der Waals surface area contributed by atoms with E-state index in [0.29, 0.717) is 6.42 Å². The number of para-hydroxylation sites is 1. The monoisotopic (exact) mass is 437 g/mol. The number of rotatable bonds is 6. The molecular weight excluding hydrogens is 406 g/mol. The average molecular weight is 438 g/mol. The zero-order valence-corrected chi connectivity index (χ0v) is 19.2. The first-order chi connectivity index (χ1) is 16.2. The number of aromatic amines is 1. The van der Waals surface area contributed by atoms with Crippen LogP contribution in [0.1, 0.15) is 34.7 Å². The van der Waals surface area contributed by atoms with Crippen LogP contribution < -0.4 is 0 Å². The Morgan fingerprint density at radius 1 is 0.848 bits per heavy atom. The molecule has 0 unspecified atom stereocenters. The molecule has 0 bridgehead atoms. The lowest BCUT2D eigenvalue weighted by molar-refractivity contribution is -0.133. The number of carbonyl (C=O) groups excluding carboxylic acids is 1. The molecule has 1 fully saturated rings. The van der Waals surface area contributed by atoms with Crippen molar-refractivity contribution < 1.29 is 4.79 Å². The molecule has 1 aromatic heterocycles. The number of nitrogens with zero attached hydrogens (tertiary/aromatic N) is 2. The number of piperazine rings is 1. The van der Waals surface area contributed by atoms with E-state index in [1.807, 2.05) is 17.2 Å². The molecule has 4 aromatic rings. The van der Waals surface area contributed by atoms with Crippen LogP contribution in [0, 0.1) is 6.92 Å². The van der Waals surface area contributed by atoms with E-state index in [4.69, 9.17) is 0 Å². The summed E-state index contributed by atoms with van der Waals surface area (Å²) in [6.45, 7) is 5.45. The normalized spacial score (nSPS) is 15.6. The number of aryl methyl sites for hydroxylation is 2. The van der Waals surface area contributed by atoms with Crippen molar-refractivity contribution in [3.63, 3.8) is 0 Å². The number of benzene rings is 3. The largest absolute Gasteiger partial charge is 0.361 e. The minimum Gasteiger partial charge on any atom is -0.361 e. The quantitative estimate of drug-likeness (QED) is 0.442. The molecule has 0 spiro atoms. The first-order valence-electron chi connectivity index (χ1n) is 11.9. The van der Waals surface area contributed by atoms with Crippen LogP contribution in [0.3, 0.4) is 0 Å². The summed E-state index contributed by atoms with van der Waals surface area (Å²) < 4.78 is 0. The summed E-state index contributed by atoms with van der Waals surface area (Å²) in [5.41, 5.74) is 6.25. The summed E-state index contributed by atoms with van der Waals surface area (Å²) in [6, 6.07) is 28.1. The molecule has 1 amide bonds. The molecule has 4 nitrogen and oxygen atoms in total. The van der Waals surface area contributed by atoms with Crippen molar-refractivity contribution in [1.29, 1.82) is 0 Å². The molecule has 168 valence electrons. The highest BCUT2D eigenvalue weighted by molar-refractivity contribution is 5.84. The Morgan fingerprint density at radius 3 is 2.27 bits per heavy atom. The molecule has 4 heteroatoms. The lowest BCUT2D eigenvalue weighted by atomic mass is 9.95. The van der Waals surface area contributed by atoms with Gasteiger partial charge in [-0.25, -0.2) is 0 Å². The Morgan fingerprint density at radius 2 is 1.52 bits per heavy atom. The second-order valence-corrected chi connectivity index (χ2v) is 9.00. The predicted molar refractivity (Wildman–Crippen MR) is 134 cm³/mol. The second-order valence-electron chi connectivity index (χ2n) is 9.00. The van der Waals surface area contributed by atoms with E-state index in [-0.39, 0.29) is 11.9 Å². The van der Waals surface area contributed by atoms with Crippen LogP contribution in [0.5, 0.6) is 0 Å². The van der Waals surface area contributed by atoms with E-state index in [2.05, 4.69) is 89.6 Å². The SMILES string of the molecule is Cc1ccc([C@@H](c2ccccc2)N2CCN(C(=O)CCc3c[nH]c4ccccc34)CC2)cc1. The molecule has 1 atom stereocenters. The van der Waals surface area contributed by atoms with E-state index in [1.165, 1.54) is 27.6 Å². The van der Waals surface area contributed by atoms with Crippen molar-refractivity contribution in [2.24, 2.45) is 0 Å². The van der Waals surface area contributed by atoms with E-state index in [9.17, 15) is 4.79 Å². The summed E-state index contributed by atoms with van der Waals surface area (Å²) in [6.07, 6.45) is 3.38. The smallest absolute Gasteiger partial charge is 0.222 e. The van der Waals surface area contributed by atoms with E-state index >= 15 is 0 Å². The van der Waals surface area contributed by atoms with Gasteiger partial charge in [-0.1, -0.05) is 78.4 Å². The summed E-state index contributed by atoms with van der Waals surface area (Å²) in [7, 11) is 0. The highest BCUT2D eigenvalue weighted by Gasteiger charge is 2.28. The maximum atomic E-state index is 13.0. The minimum absolute atomic E-state index is 0.218. The maximum Gasteiger partial charge on any atom is 0.222 e. The first kappa shape index (κ1) is 21.5. The first-order valence-corrected chi connectivity index (χ1v) is 11.9. The highest BCUT2D eigenvalue weighted by atomic mass is 16.2. The van der Waals surface area contributed by atoms with Gasteiger partial charge in [0.25, 0.3) is 0 Å². The number of carbonyl (C=O) groups is 1. The van der Waals surface area contributed by atoms with Crippen LogP contribution in [0.2, 0.25) is 0 Å². The fourth-order valence-electron chi connectivity index (χ4n) is 4.97. The lowest BCUT2D eigenvalue weighted by Gasteiger charge is -2.40. The summed E-state index contributed by atoms with van der Waals surface area (Å²) in [5, 5.41) is 1.22. The molecule has 2 heterocycles. The van der Waals surface area contributed by atoms with Crippen molar-refractivity contribution in [3.05, 3.63) is 107 Å². The molecule has 1 saturated heterocycles. The van der Waals surface area contributed by atoms with Gasteiger partial charge in [0.05, 0.1) is 6.04 Å². The van der Waals surface area contributed by atoms with Crippen molar-refractivity contribution in [3.8, 4) is 0 Å². The third-order valence-corrected chi connectivity index (χ3v) is 6.82. The number of aromatic nitrogens is 1. The fourth-order valence-corrected chi connectivity index (χ4v) is 4.97. The standard InChI is InChI=1S/C29H31N3O/c1-22-11-13-24(14-12-22)29(23-7-3-2-4-8-23)32-19-17-31(18-20-32)28(33)16-15-25-21-30-27-10-6-5-9-26(25)27/h2-14,21,29-30H,15-20H2,1H3/t29-/m1/s1. The molecule has 5 rings (SSSR count). The number of nitrogens with one attached hydrogen (secondary N) is 1. The Labute approximate surface area is 195 Å². The number of fused-ring (bicyclic) bond motifs is 1. The minimum atomic E-state index is 0.218. The molecule has 3 aromatic carbocycles. The maximum absolute atomic E-state index is 13.0. The van der Waals surface area contributed by atoms with Gasteiger partial charge in [-0.15, -0.1) is 0 Å². The third-order valence-electron chi connectivity index (χ3n) is 6.82. The molecule has 1 aliphatic rings. The second kappa shape index (κ2) is 9.63. The van der Waals surface area contributed by atoms with Gasteiger partial charge in [0.1, 0.15) is 0 Å². The van der Waals surface area contributed by atoms with Crippen molar-refractivity contribution in [2.45, 2.75) is 25.8 Å². The fraction of sp³-hybridized carbons (Fsp3) is 0.276. The Hall–Kier alpha value is -3.37. The van der Waals surface area contributed by atoms with E-state index in [1.54, 1.807) is 0 Å². The molecule has 1 aliphatic heterocycles. The van der Waals surface area contributed by atoms with Crippen LogP contribution in [0.15, 0.2) is 85.1 Å². The van der Waals surface area contributed by atoms with Gasteiger partial charge in [0.2, 0.25) is 5.91 Å². The van der Waals surface area contributed by atoms with Crippen LogP contribution in [0.25, 0.3) is 10.9 Å². The molecular formula is C29H31N3O. The van der Waals surface area contributed by atoms with Gasteiger partial charge in [-0.2, -0.15) is 0 Å². The Kier molecular flexibility index (Phi) is 6.27. The molecule has 33 heavy (non-hydrogen) atoms. The van der Waals surface area contributed by atoms with Gasteiger partial charge in [0.15, 0.2) is 0 Å². The molecule has 0 saturated carbocycles. The lowest BCUT2D eigenvalue weighted by Crippen LogP contribution is -2.49. The van der Waals surface area contributed by atoms with Crippen LogP contribution >= 0.6 is 0 Å². The van der Waals surface area contributed by atoms with Gasteiger partial charge < -0.3 is 9.88 Å². The Bertz CT molecular complexity index is 1200. The predicted octanol–water partition coefficient (Wildman–Crippen LogP) is 5.34. The average Bonchev–Trinajstić information content (AvgIpc) is 3.28. The van der Waals surface area contributed by atoms with Crippen molar-refractivity contribution >= 4 is 16.8 Å². The molecule has 0 aliphatic carbocycles. The number of hydrogen-bond donors (Lipinski definition) is 1. The summed E-state index contributed by atoms with van der Waals surface area (Å²) in [5.74, 6) is 0.256. The number of H-pyrrole nitrogens is 1. The highest BCUT2D eigenvalue weighted by Crippen LogP contribution is 2.30. The number of hydrogen-bond acceptors (Lipinski definition) is 2. The zero-order valence-electron chi connectivity index (χ0n) is 19.2. The van der Waals surface area contributed by atoms with Crippen molar-refractivity contribution in [2.75, 3.05) is 26.2 Å². The van der Waals surface area contributed by atoms with Crippen LogP contribution in [0.4, 0.5) is 0 Å². The number of amides is 1. The van der Waals surface area contributed by atoms with Gasteiger partial charge in [-0.05, 0) is 36.1 Å². The summed E-state index contributed by atoms with van der Waals surface area (Å²) >= 11 is 0. The van der Waals surface area contributed by atoms with Gasteiger partial charge in [-0.3, -0.25) is 9.69 Å². The van der Waals surface area contributed by atoms with Crippen LogP contribution in [-0.4, -0.2) is 46.9 Å². The Balaban J connectivity index is 1.24. The molecule has 0 radical (unpaired) electrons. The van der Waals surface area contributed by atoms with Crippen molar-refractivity contribution in [1.82, 2.24) is 14.8 Å². The molecule has 1 N–H and O–H groups in total. The van der Waals surface area contributed by atoms with Gasteiger partial charge >= 0.3 is 0 Å². The van der Waals surface area contributed by atoms with Crippen LogP contribution in [-0.2, 0) is 11.2 Å². The third kappa shape index (κ3) is 4.71. The summed E-state index contributed by atoms with van der Waals surface area (Å²) in [4.78, 5) is 20.9. The van der Waals surface area contributed by atoms with E-state index < -0.39 is 0 Å². The zero-order chi connectivity index (χ0) is 22.6. The topological polar surface area (TPSA) is 39.3 Å². The van der Waals surface area contributed by atoms with Gasteiger partial charge in [0, 0.05) is 49.7 Å². The van der Waals surface area contributed by atoms with E-state index in [0.717, 1.165) is 38.1 Å².